The van der Waals surface area contributed by atoms with E-state index in [1.54, 1.807) is 42.3 Å². The zero-order valence-corrected chi connectivity index (χ0v) is 24.0. The molecule has 0 N–H and O–H groups in total. The van der Waals surface area contributed by atoms with Crippen LogP contribution >= 0.6 is 23.2 Å². The number of hydrogen-bond acceptors (Lipinski definition) is 5. The highest BCUT2D eigenvalue weighted by Crippen LogP contribution is 2.35. The molecule has 7 nitrogen and oxygen atoms in total. The zero-order valence-electron chi connectivity index (χ0n) is 21.6. The lowest BCUT2D eigenvalue weighted by Crippen LogP contribution is -2.45. The van der Waals surface area contributed by atoms with Crippen molar-refractivity contribution in [1.82, 2.24) is 14.1 Å². The minimum atomic E-state index is -3.25. The number of halogens is 3. The Morgan fingerprint density at radius 2 is 1.84 bits per heavy atom. The number of ether oxygens (including phenoxy) is 1. The molecule has 1 heterocycles. The molecule has 1 saturated heterocycles. The molecule has 11 heteroatoms. The molecule has 37 heavy (non-hydrogen) atoms. The Labute approximate surface area is 229 Å². The first-order chi connectivity index (χ1) is 17.3. The van der Waals surface area contributed by atoms with Crippen molar-refractivity contribution in [1.29, 1.82) is 0 Å². The number of amides is 1. The van der Waals surface area contributed by atoms with Gasteiger partial charge in [0.2, 0.25) is 15.9 Å². The van der Waals surface area contributed by atoms with Gasteiger partial charge in [0.1, 0.15) is 0 Å². The minimum Gasteiger partial charge on any atom is -0.494 e. The predicted molar refractivity (Wildman–Crippen MR) is 145 cm³/mol. The highest BCUT2D eigenvalue weighted by Gasteiger charge is 2.38. The number of likely N-dealkylation sites (N-methyl/N-ethyl adjacent to an activating group) is 1. The summed E-state index contributed by atoms with van der Waals surface area (Å²) in [5.41, 5.74) is 0.419. The van der Waals surface area contributed by atoms with Gasteiger partial charge in [-0.2, -0.15) is 0 Å². The number of hydrogen-bond donors (Lipinski definition) is 0. The first kappa shape index (κ1) is 29.6. The molecule has 0 saturated carbocycles. The second-order valence-electron chi connectivity index (χ2n) is 9.70. The van der Waals surface area contributed by atoms with Crippen molar-refractivity contribution in [2.75, 3.05) is 53.1 Å². The molecule has 0 aliphatic carbocycles. The number of rotatable bonds is 9. The Balaban J connectivity index is 1.82. The first-order valence-electron chi connectivity index (χ1n) is 12.1. The fourth-order valence-electron chi connectivity index (χ4n) is 4.67. The molecule has 1 atom stereocenters. The summed E-state index contributed by atoms with van der Waals surface area (Å²) in [5, 5.41) is 0.757. The summed E-state index contributed by atoms with van der Waals surface area (Å²) in [5.74, 6) is -0.489. The van der Waals surface area contributed by atoms with Gasteiger partial charge in [0, 0.05) is 33.2 Å². The topological polar surface area (TPSA) is 70.2 Å². The second kappa shape index (κ2) is 12.3. The first-order valence-corrected chi connectivity index (χ1v) is 14.7. The van der Waals surface area contributed by atoms with E-state index in [9.17, 15) is 17.6 Å². The number of nitrogens with zero attached hydrogens (tertiary/aromatic N) is 3. The van der Waals surface area contributed by atoms with Crippen LogP contribution in [0.5, 0.6) is 5.75 Å². The van der Waals surface area contributed by atoms with E-state index in [1.165, 1.54) is 23.7 Å². The van der Waals surface area contributed by atoms with Crippen molar-refractivity contribution in [2.24, 2.45) is 0 Å². The zero-order chi connectivity index (χ0) is 27.4. The van der Waals surface area contributed by atoms with Gasteiger partial charge in [-0.15, -0.1) is 0 Å². The summed E-state index contributed by atoms with van der Waals surface area (Å²) < 4.78 is 44.7. The fourth-order valence-corrected chi connectivity index (χ4v) is 5.85. The maximum Gasteiger partial charge on any atom is 0.233 e. The molecule has 0 aromatic heterocycles. The third kappa shape index (κ3) is 7.35. The molecule has 1 unspecified atom stereocenters. The third-order valence-electron chi connectivity index (χ3n) is 6.96. The number of methoxy groups -OCH3 is 1. The van der Waals surface area contributed by atoms with Crippen LogP contribution in [-0.4, -0.2) is 81.6 Å². The van der Waals surface area contributed by atoms with Crippen molar-refractivity contribution in [3.63, 3.8) is 0 Å². The maximum absolute atomic E-state index is 14.2. The summed E-state index contributed by atoms with van der Waals surface area (Å²) in [6.45, 7) is 4.90. The standard InChI is InChI=1S/C26H34Cl2FN3O4S/c1-26(20-7-8-21(27)22(28)17-20,10-13-31-11-5-12-32(15-14-31)37(4,34)35)25(33)30(2)18-19-6-9-24(36-3)23(29)16-19/h6-9,16-17H,5,10-15,18H2,1-4H3. The normalized spacial score (nSPS) is 17.2. The predicted octanol–water partition coefficient (Wildman–Crippen LogP) is 4.41. The number of carbonyl (C=O) groups excluding carboxylic acids is 1. The average Bonchev–Trinajstić information content (AvgIpc) is 3.10. The van der Waals surface area contributed by atoms with E-state index in [0.29, 0.717) is 54.6 Å². The molecule has 1 fully saturated rings. The minimum absolute atomic E-state index is 0.144. The van der Waals surface area contributed by atoms with Gasteiger partial charge >= 0.3 is 0 Å². The average molecular weight is 575 g/mol. The molecular formula is C26H34Cl2FN3O4S. The number of carbonyl (C=O) groups is 1. The second-order valence-corrected chi connectivity index (χ2v) is 12.5. The van der Waals surface area contributed by atoms with Crippen LogP contribution < -0.4 is 4.74 Å². The van der Waals surface area contributed by atoms with Gasteiger partial charge in [-0.3, -0.25) is 4.79 Å². The van der Waals surface area contributed by atoms with E-state index in [4.69, 9.17) is 27.9 Å². The highest BCUT2D eigenvalue weighted by molar-refractivity contribution is 7.88. The van der Waals surface area contributed by atoms with Gasteiger partial charge in [-0.05, 0) is 68.2 Å². The molecule has 1 aliphatic rings. The van der Waals surface area contributed by atoms with Crippen molar-refractivity contribution < 1.29 is 22.3 Å². The van der Waals surface area contributed by atoms with Crippen LogP contribution in [0, 0.1) is 5.82 Å². The molecule has 1 aliphatic heterocycles. The summed E-state index contributed by atoms with van der Waals surface area (Å²) in [6, 6.07) is 9.84. The quantitative estimate of drug-likeness (QED) is 0.444. The van der Waals surface area contributed by atoms with Crippen LogP contribution in [0.2, 0.25) is 10.0 Å². The lowest BCUT2D eigenvalue weighted by atomic mass is 9.77. The molecule has 3 rings (SSSR count). The Hall–Kier alpha value is -1.91. The van der Waals surface area contributed by atoms with Crippen LogP contribution in [-0.2, 0) is 26.8 Å². The van der Waals surface area contributed by atoms with Crippen molar-refractivity contribution in [2.45, 2.75) is 31.7 Å². The van der Waals surface area contributed by atoms with Crippen LogP contribution in [0.25, 0.3) is 0 Å². The Morgan fingerprint density at radius 3 is 2.46 bits per heavy atom. The Morgan fingerprint density at radius 1 is 1.11 bits per heavy atom. The lowest BCUT2D eigenvalue weighted by molar-refractivity contribution is -0.136. The molecular weight excluding hydrogens is 540 g/mol. The van der Waals surface area contributed by atoms with E-state index in [0.717, 1.165) is 12.1 Å². The number of sulfonamides is 1. The lowest BCUT2D eigenvalue weighted by Gasteiger charge is -2.35. The van der Waals surface area contributed by atoms with Crippen LogP contribution in [0.15, 0.2) is 36.4 Å². The van der Waals surface area contributed by atoms with Gasteiger partial charge in [0.15, 0.2) is 11.6 Å². The summed E-state index contributed by atoms with van der Waals surface area (Å²) in [4.78, 5) is 17.7. The van der Waals surface area contributed by atoms with Crippen LogP contribution in [0.3, 0.4) is 0 Å². The number of benzene rings is 2. The van der Waals surface area contributed by atoms with E-state index in [-0.39, 0.29) is 18.2 Å². The molecule has 2 aromatic carbocycles. The summed E-state index contributed by atoms with van der Waals surface area (Å²) in [6.07, 6.45) is 2.42. The summed E-state index contributed by atoms with van der Waals surface area (Å²) in [7, 11) is -0.153. The summed E-state index contributed by atoms with van der Waals surface area (Å²) >= 11 is 12.5. The molecule has 0 radical (unpaired) electrons. The van der Waals surface area contributed by atoms with Gasteiger partial charge in [0.25, 0.3) is 0 Å². The van der Waals surface area contributed by atoms with Crippen LogP contribution in [0.1, 0.15) is 30.9 Å². The Kier molecular flexibility index (Phi) is 9.85. The molecule has 1 amide bonds. The smallest absolute Gasteiger partial charge is 0.233 e. The molecule has 2 aromatic rings. The van der Waals surface area contributed by atoms with Gasteiger partial charge in [-0.25, -0.2) is 17.1 Å². The van der Waals surface area contributed by atoms with Gasteiger partial charge in [0.05, 0.1) is 28.8 Å². The fraction of sp³-hybridized carbons (Fsp3) is 0.500. The van der Waals surface area contributed by atoms with Crippen LogP contribution in [0.4, 0.5) is 4.39 Å². The maximum atomic E-state index is 14.2. The Bertz CT molecular complexity index is 1230. The third-order valence-corrected chi connectivity index (χ3v) is 9.00. The van der Waals surface area contributed by atoms with Crippen molar-refractivity contribution >= 4 is 39.1 Å². The molecule has 0 bridgehead atoms. The SMILES string of the molecule is COc1ccc(CN(C)C(=O)C(C)(CCN2CCCN(S(C)(=O)=O)CC2)c2ccc(Cl)c(Cl)c2)cc1F. The van der Waals surface area contributed by atoms with E-state index < -0.39 is 21.3 Å². The monoisotopic (exact) mass is 573 g/mol. The van der Waals surface area contributed by atoms with E-state index in [2.05, 4.69) is 4.90 Å². The van der Waals surface area contributed by atoms with Crippen molar-refractivity contribution in [3.05, 3.63) is 63.4 Å². The van der Waals surface area contributed by atoms with E-state index >= 15 is 0 Å². The highest BCUT2D eigenvalue weighted by atomic mass is 35.5. The van der Waals surface area contributed by atoms with Gasteiger partial charge in [-0.1, -0.05) is 35.3 Å². The van der Waals surface area contributed by atoms with Crippen molar-refractivity contribution in [3.8, 4) is 5.75 Å². The molecule has 0 spiro atoms. The molecule has 204 valence electrons. The van der Waals surface area contributed by atoms with Gasteiger partial charge < -0.3 is 14.5 Å². The van der Waals surface area contributed by atoms with E-state index in [1.807, 2.05) is 6.92 Å². The largest absolute Gasteiger partial charge is 0.494 e.